The fourth-order valence-electron chi connectivity index (χ4n) is 4.96. The summed E-state index contributed by atoms with van der Waals surface area (Å²) in [7, 11) is -4.27. The van der Waals surface area contributed by atoms with Crippen LogP contribution in [0.25, 0.3) is 17.2 Å². The molecule has 5 rings (SSSR count). The van der Waals surface area contributed by atoms with E-state index in [1.54, 1.807) is 4.72 Å². The van der Waals surface area contributed by atoms with Gasteiger partial charge in [0.2, 0.25) is 10.0 Å². The van der Waals surface area contributed by atoms with Gasteiger partial charge in [0.15, 0.2) is 12.0 Å². The zero-order valence-electron chi connectivity index (χ0n) is 21.4. The lowest BCUT2D eigenvalue weighted by Gasteiger charge is -2.31. The molecule has 3 aromatic carbocycles. The Morgan fingerprint density at radius 3 is 2.33 bits per heavy atom. The molecule has 1 fully saturated rings. The molecule has 8 nitrogen and oxygen atoms in total. The standard InChI is InChI=1S/C30H28FN3O5S/c31-30-24-17-23(14-15-25(24)32-33-30)29(28(21-7-4-8-21)20-5-2-1-3-6-20)22-12-9-19(10-13-22)11-16-26(35)34-40(38,39)18-27(36)37/h1-3,5-6,9-17,21,30,32-33H,4,7-8,18H2,(H,34,35)(H,36,37)/b16-11+,29-28-. The van der Waals surface area contributed by atoms with Crippen molar-refractivity contribution in [3.8, 4) is 0 Å². The first-order valence-corrected chi connectivity index (χ1v) is 14.5. The zero-order chi connectivity index (χ0) is 28.3. The lowest BCUT2D eigenvalue weighted by molar-refractivity contribution is -0.134. The van der Waals surface area contributed by atoms with Gasteiger partial charge in [-0.3, -0.25) is 9.59 Å². The normalized spacial score (nSPS) is 17.5. The van der Waals surface area contributed by atoms with E-state index in [1.165, 1.54) is 11.6 Å². The second-order valence-electron chi connectivity index (χ2n) is 9.79. The summed E-state index contributed by atoms with van der Waals surface area (Å²) in [5, 5.41) is 8.67. The molecule has 1 unspecified atom stereocenters. The molecule has 0 spiro atoms. The Hall–Kier alpha value is -4.28. The number of rotatable bonds is 9. The van der Waals surface area contributed by atoms with Gasteiger partial charge in [-0.1, -0.05) is 67.1 Å². The number of sulfonamides is 1. The van der Waals surface area contributed by atoms with Crippen molar-refractivity contribution < 1.29 is 27.5 Å². The summed E-state index contributed by atoms with van der Waals surface area (Å²) >= 11 is 0. The molecule has 0 bridgehead atoms. The number of hydrazine groups is 1. The molecule has 4 N–H and O–H groups in total. The molecular formula is C30H28FN3O5S. The van der Waals surface area contributed by atoms with Crippen LogP contribution in [0.4, 0.5) is 10.1 Å². The van der Waals surface area contributed by atoms with E-state index in [0.717, 1.165) is 47.6 Å². The summed E-state index contributed by atoms with van der Waals surface area (Å²) in [4.78, 5) is 22.7. The van der Waals surface area contributed by atoms with Crippen molar-refractivity contribution in [1.82, 2.24) is 10.1 Å². The minimum atomic E-state index is -4.27. The van der Waals surface area contributed by atoms with Crippen molar-refractivity contribution in [2.75, 3.05) is 11.2 Å². The highest BCUT2D eigenvalue weighted by Gasteiger charge is 2.28. The van der Waals surface area contributed by atoms with Crippen LogP contribution in [-0.4, -0.2) is 31.2 Å². The van der Waals surface area contributed by atoms with E-state index in [2.05, 4.69) is 23.0 Å². The molecular weight excluding hydrogens is 533 g/mol. The first-order chi connectivity index (χ1) is 19.2. The van der Waals surface area contributed by atoms with E-state index in [4.69, 9.17) is 5.11 Å². The molecule has 206 valence electrons. The van der Waals surface area contributed by atoms with Gasteiger partial charge in [0.05, 0.1) is 5.69 Å². The highest BCUT2D eigenvalue weighted by molar-refractivity contribution is 7.90. The molecule has 0 radical (unpaired) electrons. The Morgan fingerprint density at radius 2 is 1.68 bits per heavy atom. The molecule has 10 heteroatoms. The van der Waals surface area contributed by atoms with Crippen LogP contribution in [0.15, 0.2) is 78.9 Å². The van der Waals surface area contributed by atoms with Crippen LogP contribution in [0.2, 0.25) is 0 Å². The van der Waals surface area contributed by atoms with Gasteiger partial charge in [0.1, 0.15) is 0 Å². The molecule has 1 heterocycles. The number of alkyl halides is 1. The van der Waals surface area contributed by atoms with Crippen molar-refractivity contribution in [1.29, 1.82) is 0 Å². The fourth-order valence-corrected chi connectivity index (χ4v) is 5.73. The van der Waals surface area contributed by atoms with E-state index in [9.17, 15) is 22.4 Å². The van der Waals surface area contributed by atoms with E-state index in [-0.39, 0.29) is 0 Å². The lowest BCUT2D eigenvalue weighted by atomic mass is 9.73. The van der Waals surface area contributed by atoms with Gasteiger partial charge in [0, 0.05) is 11.6 Å². The largest absolute Gasteiger partial charge is 0.480 e. The number of amides is 1. The first-order valence-electron chi connectivity index (χ1n) is 12.8. The number of aliphatic carboxylic acids is 1. The predicted octanol–water partition coefficient (Wildman–Crippen LogP) is 4.89. The molecule has 1 atom stereocenters. The maximum atomic E-state index is 14.6. The van der Waals surface area contributed by atoms with Crippen LogP contribution < -0.4 is 15.6 Å². The minimum Gasteiger partial charge on any atom is -0.480 e. The zero-order valence-corrected chi connectivity index (χ0v) is 22.2. The lowest BCUT2D eigenvalue weighted by Crippen LogP contribution is -2.33. The molecule has 0 aromatic heterocycles. The molecule has 0 saturated heterocycles. The second kappa shape index (κ2) is 11.4. The number of fused-ring (bicyclic) bond motifs is 1. The van der Waals surface area contributed by atoms with Crippen molar-refractivity contribution >= 4 is 44.8 Å². The molecule has 3 aromatic rings. The Morgan fingerprint density at radius 1 is 0.975 bits per heavy atom. The summed E-state index contributed by atoms with van der Waals surface area (Å²) in [5.41, 5.74) is 12.5. The Balaban J connectivity index is 1.52. The van der Waals surface area contributed by atoms with Crippen molar-refractivity contribution in [3.05, 3.63) is 107 Å². The molecule has 2 aliphatic rings. The van der Waals surface area contributed by atoms with Gasteiger partial charge in [-0.15, -0.1) is 0 Å². The predicted molar refractivity (Wildman–Crippen MR) is 152 cm³/mol. The first kappa shape index (κ1) is 27.3. The maximum Gasteiger partial charge on any atom is 0.320 e. The van der Waals surface area contributed by atoms with Gasteiger partial charge >= 0.3 is 5.97 Å². The number of benzene rings is 3. The van der Waals surface area contributed by atoms with Crippen LogP contribution in [0.3, 0.4) is 0 Å². The van der Waals surface area contributed by atoms with Gasteiger partial charge in [-0.25, -0.2) is 23.0 Å². The topological polar surface area (TPSA) is 125 Å². The number of hydrogen-bond acceptors (Lipinski definition) is 6. The van der Waals surface area contributed by atoms with E-state index in [1.807, 2.05) is 60.7 Å². The number of carbonyl (C=O) groups is 2. The summed E-state index contributed by atoms with van der Waals surface area (Å²) < 4.78 is 39.7. The van der Waals surface area contributed by atoms with Crippen LogP contribution in [0.1, 0.15) is 53.4 Å². The van der Waals surface area contributed by atoms with E-state index in [0.29, 0.717) is 22.7 Å². The Kier molecular flexibility index (Phi) is 7.81. The molecule has 1 amide bonds. The van der Waals surface area contributed by atoms with Gasteiger partial charge in [-0.05, 0) is 70.4 Å². The summed E-state index contributed by atoms with van der Waals surface area (Å²) in [6, 6.07) is 23.4. The number of hydrogen-bond donors (Lipinski definition) is 4. The third kappa shape index (κ3) is 6.13. The summed E-state index contributed by atoms with van der Waals surface area (Å²) in [5.74, 6) is -3.33. The molecule has 1 aliphatic carbocycles. The summed E-state index contributed by atoms with van der Waals surface area (Å²) in [6.45, 7) is 0. The van der Waals surface area contributed by atoms with Gasteiger partial charge in [0.25, 0.3) is 5.91 Å². The highest BCUT2D eigenvalue weighted by Crippen LogP contribution is 2.46. The average Bonchev–Trinajstić information content (AvgIpc) is 3.26. The molecule has 40 heavy (non-hydrogen) atoms. The smallest absolute Gasteiger partial charge is 0.320 e. The van der Waals surface area contributed by atoms with Gasteiger partial charge in [-0.2, -0.15) is 0 Å². The van der Waals surface area contributed by atoms with Crippen LogP contribution in [0.5, 0.6) is 0 Å². The highest BCUT2D eigenvalue weighted by atomic mass is 32.2. The van der Waals surface area contributed by atoms with Crippen molar-refractivity contribution in [3.63, 3.8) is 0 Å². The second-order valence-corrected chi connectivity index (χ2v) is 11.5. The number of anilines is 1. The third-order valence-electron chi connectivity index (χ3n) is 7.01. The number of nitrogens with one attached hydrogen (secondary N) is 3. The monoisotopic (exact) mass is 561 g/mol. The van der Waals surface area contributed by atoms with Crippen molar-refractivity contribution in [2.24, 2.45) is 5.92 Å². The van der Waals surface area contributed by atoms with E-state index >= 15 is 0 Å². The number of carboxylic acid groups (broad SMARTS) is 1. The SMILES string of the molecule is O=C(O)CS(=O)(=O)NC(=O)/C=C/c1ccc(/C(=C(\c2ccccc2)C2CCC2)c2ccc3c(c2)C(F)NN3)cc1. The van der Waals surface area contributed by atoms with Crippen LogP contribution in [-0.2, 0) is 19.6 Å². The molecule has 1 aliphatic heterocycles. The van der Waals surface area contributed by atoms with E-state index < -0.39 is 33.9 Å². The van der Waals surface area contributed by atoms with Crippen LogP contribution in [0, 0.1) is 5.92 Å². The Bertz CT molecular complexity index is 1600. The number of carboxylic acids is 1. The van der Waals surface area contributed by atoms with Crippen molar-refractivity contribution in [2.45, 2.75) is 25.6 Å². The number of halogens is 1. The van der Waals surface area contributed by atoms with Crippen LogP contribution >= 0.6 is 0 Å². The Labute approximate surface area is 231 Å². The maximum absolute atomic E-state index is 14.6. The third-order valence-corrected chi connectivity index (χ3v) is 8.15. The quantitative estimate of drug-likeness (QED) is 0.167. The molecule has 1 saturated carbocycles. The average molecular weight is 562 g/mol. The van der Waals surface area contributed by atoms with Gasteiger partial charge < -0.3 is 10.5 Å². The number of allylic oxidation sites excluding steroid dienone is 1. The fraction of sp³-hybridized carbons (Fsp3) is 0.200. The minimum absolute atomic E-state index is 0.360. The summed E-state index contributed by atoms with van der Waals surface area (Å²) in [6.07, 6.45) is 4.44. The number of carbonyl (C=O) groups excluding carboxylic acids is 1.